The summed E-state index contributed by atoms with van der Waals surface area (Å²) in [6.07, 6.45) is 2.45. The summed E-state index contributed by atoms with van der Waals surface area (Å²) in [5.74, 6) is 5.59. The number of carboxylic acid groups (broad SMARTS) is 1. The minimum Gasteiger partial charge on any atom is -0.464 e. The first-order valence-electron chi connectivity index (χ1n) is 8.43. The van der Waals surface area contributed by atoms with Crippen LogP contribution in [0.3, 0.4) is 0 Å². The van der Waals surface area contributed by atoms with Crippen LogP contribution in [0.4, 0.5) is 4.79 Å². The van der Waals surface area contributed by atoms with Crippen LogP contribution in [-0.4, -0.2) is 28.5 Å². The van der Waals surface area contributed by atoms with Gasteiger partial charge in [0.15, 0.2) is 0 Å². The molecule has 0 aliphatic rings. The standard InChI is InChI=1S/C20H24N2O3/c21-22(20(24)25)19(15-23)14-18(17-11-5-2-6-12-17)13-7-10-16-8-3-1-4-9-16/h1-6,8-9,11-12,15,18-19H,7,10,13-14,21H2,(H,24,25). The van der Waals surface area contributed by atoms with Crippen molar-refractivity contribution in [1.29, 1.82) is 0 Å². The van der Waals surface area contributed by atoms with Crippen LogP contribution in [0.5, 0.6) is 0 Å². The molecule has 2 rings (SSSR count). The van der Waals surface area contributed by atoms with E-state index in [0.29, 0.717) is 17.7 Å². The van der Waals surface area contributed by atoms with Crippen LogP contribution in [0.15, 0.2) is 60.7 Å². The van der Waals surface area contributed by atoms with Crippen molar-refractivity contribution in [1.82, 2.24) is 5.01 Å². The van der Waals surface area contributed by atoms with Gasteiger partial charge in [0, 0.05) is 0 Å². The largest absolute Gasteiger partial charge is 0.464 e. The highest BCUT2D eigenvalue weighted by Crippen LogP contribution is 2.28. The first kappa shape index (κ1) is 18.7. The zero-order valence-corrected chi connectivity index (χ0v) is 14.1. The third-order valence-corrected chi connectivity index (χ3v) is 4.39. The molecule has 0 aliphatic heterocycles. The van der Waals surface area contributed by atoms with Crippen LogP contribution < -0.4 is 5.84 Å². The van der Waals surface area contributed by atoms with Gasteiger partial charge < -0.3 is 9.90 Å². The van der Waals surface area contributed by atoms with E-state index in [4.69, 9.17) is 10.9 Å². The molecule has 0 aliphatic carbocycles. The second-order valence-corrected chi connectivity index (χ2v) is 6.11. The molecule has 0 spiro atoms. The van der Waals surface area contributed by atoms with Gasteiger partial charge in [0.25, 0.3) is 0 Å². The van der Waals surface area contributed by atoms with Crippen LogP contribution in [0.25, 0.3) is 0 Å². The third kappa shape index (κ3) is 5.72. The lowest BCUT2D eigenvalue weighted by molar-refractivity contribution is -0.112. The normalized spacial score (nSPS) is 13.0. The monoisotopic (exact) mass is 340 g/mol. The van der Waals surface area contributed by atoms with Crippen molar-refractivity contribution in [2.75, 3.05) is 0 Å². The molecule has 0 heterocycles. The first-order chi connectivity index (χ1) is 12.1. The maximum atomic E-state index is 11.3. The lowest BCUT2D eigenvalue weighted by Crippen LogP contribution is -2.46. The molecule has 1 amide bonds. The number of nitrogens with zero attached hydrogens (tertiary/aromatic N) is 1. The molecule has 132 valence electrons. The number of nitrogens with two attached hydrogens (primary N) is 1. The predicted molar refractivity (Wildman–Crippen MR) is 97.1 cm³/mol. The van der Waals surface area contributed by atoms with E-state index in [1.165, 1.54) is 5.56 Å². The summed E-state index contributed by atoms with van der Waals surface area (Å²) in [5.41, 5.74) is 2.37. The summed E-state index contributed by atoms with van der Waals surface area (Å²) >= 11 is 0. The molecule has 0 bridgehead atoms. The smallest absolute Gasteiger partial charge is 0.422 e. The quantitative estimate of drug-likeness (QED) is 0.316. The third-order valence-electron chi connectivity index (χ3n) is 4.39. The van der Waals surface area contributed by atoms with Crippen molar-refractivity contribution >= 4 is 12.4 Å². The molecule has 2 aromatic rings. The Bertz CT molecular complexity index is 661. The van der Waals surface area contributed by atoms with Gasteiger partial charge in [-0.05, 0) is 42.7 Å². The van der Waals surface area contributed by atoms with Crippen LogP contribution in [-0.2, 0) is 11.2 Å². The van der Waals surface area contributed by atoms with Crippen molar-refractivity contribution in [3.05, 3.63) is 71.8 Å². The number of aldehydes is 1. The average Bonchev–Trinajstić information content (AvgIpc) is 2.65. The fourth-order valence-corrected chi connectivity index (χ4v) is 3.01. The average molecular weight is 340 g/mol. The van der Waals surface area contributed by atoms with E-state index in [1.807, 2.05) is 48.5 Å². The van der Waals surface area contributed by atoms with E-state index in [9.17, 15) is 9.59 Å². The van der Waals surface area contributed by atoms with Gasteiger partial charge in [-0.25, -0.2) is 15.6 Å². The van der Waals surface area contributed by atoms with Gasteiger partial charge >= 0.3 is 6.09 Å². The molecule has 2 unspecified atom stereocenters. The molecular formula is C20H24N2O3. The molecule has 0 aromatic heterocycles. The van der Waals surface area contributed by atoms with E-state index < -0.39 is 12.1 Å². The number of benzene rings is 2. The lowest BCUT2D eigenvalue weighted by Gasteiger charge is -2.25. The molecule has 5 nitrogen and oxygen atoms in total. The van der Waals surface area contributed by atoms with Crippen molar-refractivity contribution in [2.45, 2.75) is 37.6 Å². The molecule has 2 aromatic carbocycles. The molecule has 0 fully saturated rings. The Hall–Kier alpha value is -2.66. The summed E-state index contributed by atoms with van der Waals surface area (Å²) in [6.45, 7) is 0. The number of carbonyl (C=O) groups excluding carboxylic acids is 1. The van der Waals surface area contributed by atoms with Crippen molar-refractivity contribution < 1.29 is 14.7 Å². The van der Waals surface area contributed by atoms with Gasteiger partial charge in [0.05, 0.1) is 0 Å². The van der Waals surface area contributed by atoms with Crippen LogP contribution in [0.1, 0.15) is 36.3 Å². The molecule has 5 heteroatoms. The Labute approximate surface area is 148 Å². The van der Waals surface area contributed by atoms with Gasteiger partial charge in [-0.2, -0.15) is 0 Å². The van der Waals surface area contributed by atoms with E-state index >= 15 is 0 Å². The number of hydrogen-bond acceptors (Lipinski definition) is 3. The van der Waals surface area contributed by atoms with Gasteiger partial charge in [-0.1, -0.05) is 60.7 Å². The molecule has 0 radical (unpaired) electrons. The molecule has 2 atom stereocenters. The van der Waals surface area contributed by atoms with Gasteiger partial charge in [0.1, 0.15) is 12.3 Å². The molecule has 3 N–H and O–H groups in total. The topological polar surface area (TPSA) is 83.6 Å². The lowest BCUT2D eigenvalue weighted by atomic mass is 9.87. The van der Waals surface area contributed by atoms with Gasteiger partial charge in [-0.3, -0.25) is 0 Å². The van der Waals surface area contributed by atoms with Crippen LogP contribution in [0.2, 0.25) is 0 Å². The first-order valence-corrected chi connectivity index (χ1v) is 8.43. The SMILES string of the molecule is NN(C(=O)O)C(C=O)CC(CCCc1ccccc1)c1ccccc1. The van der Waals surface area contributed by atoms with Gasteiger partial charge in [-0.15, -0.1) is 0 Å². The van der Waals surface area contributed by atoms with E-state index in [2.05, 4.69) is 12.1 Å². The fraction of sp³-hybridized carbons (Fsp3) is 0.300. The van der Waals surface area contributed by atoms with Crippen LogP contribution in [0, 0.1) is 0 Å². The van der Waals surface area contributed by atoms with Gasteiger partial charge in [0.2, 0.25) is 0 Å². The zero-order chi connectivity index (χ0) is 18.1. The number of rotatable bonds is 9. The Balaban J connectivity index is 2.05. The molecule has 0 saturated heterocycles. The highest BCUT2D eigenvalue weighted by Gasteiger charge is 2.24. The summed E-state index contributed by atoms with van der Waals surface area (Å²) < 4.78 is 0. The zero-order valence-electron chi connectivity index (χ0n) is 14.1. The number of hydrogen-bond donors (Lipinski definition) is 2. The van der Waals surface area contributed by atoms with Crippen molar-refractivity contribution in [2.24, 2.45) is 5.84 Å². The summed E-state index contributed by atoms with van der Waals surface area (Å²) in [6, 6.07) is 19.2. The fourth-order valence-electron chi connectivity index (χ4n) is 3.01. The Morgan fingerprint density at radius 1 is 1.08 bits per heavy atom. The Kier molecular flexibility index (Phi) is 7.16. The van der Waals surface area contributed by atoms with Crippen LogP contribution >= 0.6 is 0 Å². The second kappa shape index (κ2) is 9.59. The minimum atomic E-state index is -1.30. The summed E-state index contributed by atoms with van der Waals surface area (Å²) in [5, 5.41) is 9.63. The van der Waals surface area contributed by atoms with E-state index in [1.54, 1.807) is 0 Å². The summed E-state index contributed by atoms with van der Waals surface area (Å²) in [4.78, 5) is 22.4. The maximum absolute atomic E-state index is 11.3. The molecular weight excluding hydrogens is 316 g/mol. The summed E-state index contributed by atoms with van der Waals surface area (Å²) in [7, 11) is 0. The number of carbonyl (C=O) groups is 2. The second-order valence-electron chi connectivity index (χ2n) is 6.11. The molecule has 0 saturated carbocycles. The number of amides is 1. The van der Waals surface area contributed by atoms with E-state index in [-0.39, 0.29) is 5.92 Å². The van der Waals surface area contributed by atoms with Crippen molar-refractivity contribution in [3.8, 4) is 0 Å². The molecule has 25 heavy (non-hydrogen) atoms. The maximum Gasteiger partial charge on any atom is 0.422 e. The highest BCUT2D eigenvalue weighted by atomic mass is 16.4. The van der Waals surface area contributed by atoms with E-state index in [0.717, 1.165) is 24.8 Å². The van der Waals surface area contributed by atoms with Crippen molar-refractivity contribution in [3.63, 3.8) is 0 Å². The number of aryl methyl sites for hydroxylation is 1. The minimum absolute atomic E-state index is 0.0745. The number of hydrazine groups is 1. The highest BCUT2D eigenvalue weighted by molar-refractivity contribution is 5.71. The Morgan fingerprint density at radius 3 is 2.24 bits per heavy atom. The predicted octanol–water partition coefficient (Wildman–Crippen LogP) is 3.60. The Morgan fingerprint density at radius 2 is 1.68 bits per heavy atom.